The molecule has 0 saturated carbocycles. The van der Waals surface area contributed by atoms with E-state index < -0.39 is 9.84 Å². The van der Waals surface area contributed by atoms with Gasteiger partial charge in [0.2, 0.25) is 5.91 Å². The van der Waals surface area contributed by atoms with Gasteiger partial charge in [-0.15, -0.1) is 0 Å². The van der Waals surface area contributed by atoms with Gasteiger partial charge in [-0.3, -0.25) is 9.69 Å². The minimum absolute atomic E-state index is 0.0363. The van der Waals surface area contributed by atoms with Gasteiger partial charge in [0.15, 0.2) is 9.84 Å². The first kappa shape index (κ1) is 16.5. The minimum atomic E-state index is -2.91. The van der Waals surface area contributed by atoms with Crippen LogP contribution in [0, 0.1) is 0 Å². The maximum atomic E-state index is 12.1. The number of likely N-dealkylation sites (N-methyl/N-ethyl adjacent to an activating group) is 1. The van der Waals surface area contributed by atoms with Crippen LogP contribution < -0.4 is 5.32 Å². The number of nitrogens with zero attached hydrogens (tertiary/aromatic N) is 1. The minimum Gasteiger partial charge on any atom is -0.351 e. The third-order valence-corrected chi connectivity index (χ3v) is 6.63. The van der Waals surface area contributed by atoms with Crippen LogP contribution in [0.3, 0.4) is 0 Å². The fourth-order valence-corrected chi connectivity index (χ4v) is 5.28. The number of carbonyl (C=O) groups excluding carboxylic acids is 1. The number of carbonyl (C=O) groups is 1. The molecule has 0 aromatic heterocycles. The number of rotatable bonds is 5. The van der Waals surface area contributed by atoms with E-state index in [2.05, 4.69) is 23.5 Å². The smallest absolute Gasteiger partial charge is 0.234 e. The zero-order valence-corrected chi connectivity index (χ0v) is 14.4. The number of hydrogen-bond donors (Lipinski definition) is 1. The van der Waals surface area contributed by atoms with Gasteiger partial charge in [0, 0.05) is 12.6 Å². The lowest BCUT2D eigenvalue weighted by atomic mass is 10.1. The van der Waals surface area contributed by atoms with Gasteiger partial charge < -0.3 is 5.32 Å². The molecule has 1 N–H and O–H groups in total. The molecule has 0 bridgehead atoms. The molecule has 0 unspecified atom stereocenters. The molecule has 1 aliphatic carbocycles. The Hall–Kier alpha value is -1.40. The van der Waals surface area contributed by atoms with E-state index in [4.69, 9.17) is 0 Å². The van der Waals surface area contributed by atoms with Gasteiger partial charge in [-0.25, -0.2) is 8.42 Å². The molecule has 0 radical (unpaired) electrons. The average Bonchev–Trinajstić information content (AvgIpc) is 3.10. The Morgan fingerprint density at radius 3 is 2.83 bits per heavy atom. The molecule has 3 rings (SSSR count). The highest BCUT2D eigenvalue weighted by atomic mass is 32.2. The van der Waals surface area contributed by atoms with E-state index in [9.17, 15) is 13.2 Å². The van der Waals surface area contributed by atoms with Crippen molar-refractivity contribution in [3.8, 4) is 0 Å². The van der Waals surface area contributed by atoms with Gasteiger partial charge in [0.1, 0.15) is 0 Å². The zero-order valence-electron chi connectivity index (χ0n) is 13.5. The maximum Gasteiger partial charge on any atom is 0.234 e. The average molecular weight is 336 g/mol. The van der Waals surface area contributed by atoms with Crippen molar-refractivity contribution in [3.05, 3.63) is 34.9 Å². The standard InChI is InChI=1S/C17H24N2O3S/c1-19(16-7-8-23(21,22)12-16)11-17(20)18-10-13-5-6-14-3-2-4-15(14)9-13/h5-6,9,16H,2-4,7-8,10-12H2,1H3,(H,18,20)/t16-/m1/s1. The van der Waals surface area contributed by atoms with Crippen LogP contribution in [0.25, 0.3) is 0 Å². The van der Waals surface area contributed by atoms with Crippen LogP contribution in [0.2, 0.25) is 0 Å². The molecule has 1 saturated heterocycles. The summed E-state index contributed by atoms with van der Waals surface area (Å²) in [5.74, 6) is 0.345. The second-order valence-electron chi connectivity index (χ2n) is 6.71. The van der Waals surface area contributed by atoms with Crippen LogP contribution >= 0.6 is 0 Å². The summed E-state index contributed by atoms with van der Waals surface area (Å²) in [5, 5.41) is 2.94. The van der Waals surface area contributed by atoms with Crippen LogP contribution in [0.15, 0.2) is 18.2 Å². The third kappa shape index (κ3) is 4.12. The molecular weight excluding hydrogens is 312 g/mol. The molecule has 1 aromatic rings. The van der Waals surface area contributed by atoms with Crippen molar-refractivity contribution < 1.29 is 13.2 Å². The van der Waals surface area contributed by atoms with Crippen molar-refractivity contribution in [2.75, 3.05) is 25.1 Å². The van der Waals surface area contributed by atoms with E-state index in [1.165, 1.54) is 17.5 Å². The molecule has 1 aromatic carbocycles. The summed E-state index contributed by atoms with van der Waals surface area (Å²) in [6.45, 7) is 0.772. The molecule has 0 spiro atoms. The molecule has 2 aliphatic rings. The highest BCUT2D eigenvalue weighted by Gasteiger charge is 2.31. The second kappa shape index (κ2) is 6.61. The van der Waals surface area contributed by atoms with Crippen molar-refractivity contribution in [2.45, 2.75) is 38.3 Å². The van der Waals surface area contributed by atoms with Crippen molar-refractivity contribution in [2.24, 2.45) is 0 Å². The van der Waals surface area contributed by atoms with Gasteiger partial charge in [-0.05, 0) is 49.4 Å². The van der Waals surface area contributed by atoms with E-state index in [1.54, 1.807) is 0 Å². The number of amides is 1. The van der Waals surface area contributed by atoms with Crippen LogP contribution in [0.5, 0.6) is 0 Å². The molecule has 1 amide bonds. The van der Waals surface area contributed by atoms with Gasteiger partial charge in [0.25, 0.3) is 0 Å². The van der Waals surface area contributed by atoms with Gasteiger partial charge in [0.05, 0.1) is 18.1 Å². The molecule has 23 heavy (non-hydrogen) atoms. The van der Waals surface area contributed by atoms with Crippen LogP contribution in [-0.2, 0) is 34.0 Å². The SMILES string of the molecule is CN(CC(=O)NCc1ccc2c(c1)CCC2)[C@@H]1CCS(=O)(=O)C1. The summed E-state index contributed by atoms with van der Waals surface area (Å²) >= 11 is 0. The van der Waals surface area contributed by atoms with Gasteiger partial charge >= 0.3 is 0 Å². The lowest BCUT2D eigenvalue weighted by molar-refractivity contribution is -0.122. The monoisotopic (exact) mass is 336 g/mol. The van der Waals surface area contributed by atoms with Crippen LogP contribution in [-0.4, -0.2) is 50.4 Å². The summed E-state index contributed by atoms with van der Waals surface area (Å²) in [6.07, 6.45) is 4.14. The van der Waals surface area contributed by atoms with Crippen molar-refractivity contribution in [1.82, 2.24) is 10.2 Å². The highest BCUT2D eigenvalue weighted by molar-refractivity contribution is 7.91. The highest BCUT2D eigenvalue weighted by Crippen LogP contribution is 2.22. The predicted molar refractivity (Wildman–Crippen MR) is 90.0 cm³/mol. The summed E-state index contributed by atoms with van der Waals surface area (Å²) in [7, 11) is -1.09. The molecule has 1 aliphatic heterocycles. The van der Waals surface area contributed by atoms with Gasteiger partial charge in [-0.1, -0.05) is 18.2 Å². The lowest BCUT2D eigenvalue weighted by Gasteiger charge is -2.22. The second-order valence-corrected chi connectivity index (χ2v) is 8.93. The van der Waals surface area contributed by atoms with E-state index in [0.29, 0.717) is 13.0 Å². The number of fused-ring (bicyclic) bond motifs is 1. The summed E-state index contributed by atoms with van der Waals surface area (Å²) in [4.78, 5) is 13.9. The Labute approximate surface area is 138 Å². The van der Waals surface area contributed by atoms with Crippen LogP contribution in [0.1, 0.15) is 29.5 Å². The quantitative estimate of drug-likeness (QED) is 0.868. The normalized spacial score (nSPS) is 22.3. The summed E-state index contributed by atoms with van der Waals surface area (Å²) in [6, 6.07) is 6.40. The zero-order chi connectivity index (χ0) is 16.4. The number of hydrogen-bond acceptors (Lipinski definition) is 4. The third-order valence-electron chi connectivity index (χ3n) is 4.88. The van der Waals surface area contributed by atoms with Crippen LogP contribution in [0.4, 0.5) is 0 Å². The Morgan fingerprint density at radius 2 is 2.09 bits per heavy atom. The predicted octanol–water partition coefficient (Wildman–Crippen LogP) is 0.910. The Bertz CT molecular complexity index is 700. The first-order valence-corrected chi connectivity index (χ1v) is 10.0. The Morgan fingerprint density at radius 1 is 1.30 bits per heavy atom. The molecule has 1 atom stereocenters. The van der Waals surface area contributed by atoms with Crippen molar-refractivity contribution in [1.29, 1.82) is 0 Å². The summed E-state index contributed by atoms with van der Waals surface area (Å²) in [5.41, 5.74) is 3.97. The molecular formula is C17H24N2O3S. The van der Waals surface area contributed by atoms with E-state index >= 15 is 0 Å². The van der Waals surface area contributed by atoms with E-state index in [1.807, 2.05) is 11.9 Å². The largest absolute Gasteiger partial charge is 0.351 e. The summed E-state index contributed by atoms with van der Waals surface area (Å²) < 4.78 is 23.0. The number of nitrogens with one attached hydrogen (secondary N) is 1. The first-order chi connectivity index (χ1) is 10.9. The van der Waals surface area contributed by atoms with Crippen molar-refractivity contribution >= 4 is 15.7 Å². The van der Waals surface area contributed by atoms with E-state index in [0.717, 1.165) is 18.4 Å². The topological polar surface area (TPSA) is 66.5 Å². The van der Waals surface area contributed by atoms with E-state index in [-0.39, 0.29) is 30.0 Å². The fourth-order valence-electron chi connectivity index (χ4n) is 3.47. The Kier molecular flexibility index (Phi) is 4.73. The van der Waals surface area contributed by atoms with Gasteiger partial charge in [-0.2, -0.15) is 0 Å². The van der Waals surface area contributed by atoms with Crippen molar-refractivity contribution in [3.63, 3.8) is 0 Å². The first-order valence-electron chi connectivity index (χ1n) is 8.21. The Balaban J connectivity index is 1.48. The fraction of sp³-hybridized carbons (Fsp3) is 0.588. The molecule has 6 heteroatoms. The molecule has 1 heterocycles. The molecule has 5 nitrogen and oxygen atoms in total. The lowest BCUT2D eigenvalue weighted by Crippen LogP contribution is -2.41. The number of aryl methyl sites for hydroxylation is 2. The molecule has 1 fully saturated rings. The number of benzene rings is 1. The maximum absolute atomic E-state index is 12.1. The number of sulfone groups is 1. The molecule has 126 valence electrons.